The zero-order valence-corrected chi connectivity index (χ0v) is 14.0. The quantitative estimate of drug-likeness (QED) is 0.702. The molecule has 0 aliphatic carbocycles. The predicted molar refractivity (Wildman–Crippen MR) is 84.5 cm³/mol. The van der Waals surface area contributed by atoms with Gasteiger partial charge in [-0.25, -0.2) is 0 Å². The molecule has 1 unspecified atom stereocenters. The van der Waals surface area contributed by atoms with Crippen molar-refractivity contribution in [3.05, 3.63) is 45.2 Å². The summed E-state index contributed by atoms with van der Waals surface area (Å²) in [5, 5.41) is 3.29. The molecule has 2 rings (SSSR count). The second-order valence-electron chi connectivity index (χ2n) is 4.71. The monoisotopic (exact) mass is 377 g/mol. The molecule has 0 saturated carbocycles. The second-order valence-corrected chi connectivity index (χ2v) is 6.74. The van der Waals surface area contributed by atoms with Crippen LogP contribution in [0.2, 0.25) is 0 Å². The molecular formula is C15H15BrF3NS. The lowest BCUT2D eigenvalue weighted by Crippen LogP contribution is -2.16. The molecule has 2 aromatic rings. The number of alkyl halides is 3. The molecule has 21 heavy (non-hydrogen) atoms. The molecule has 0 aliphatic rings. The molecule has 1 heterocycles. The number of hydrogen-bond donors (Lipinski definition) is 1. The molecule has 1 aromatic carbocycles. The largest absolute Gasteiger partial charge is 0.416 e. The molecule has 0 radical (unpaired) electrons. The number of rotatable bonds is 4. The van der Waals surface area contributed by atoms with Crippen LogP contribution < -0.4 is 5.32 Å². The van der Waals surface area contributed by atoms with Gasteiger partial charge in [-0.2, -0.15) is 13.2 Å². The SMILES string of the molecule is CCNC(C)c1ccc(-c2cc(Br)cc(C(F)(F)F)c2)s1. The smallest absolute Gasteiger partial charge is 0.310 e. The standard InChI is InChI=1S/C15H15BrF3NS/c1-3-20-9(2)13-4-5-14(21-13)10-6-11(15(17,18)19)8-12(16)7-10/h4-9,20H,3H2,1-2H3. The van der Waals surface area contributed by atoms with Crippen molar-refractivity contribution in [2.45, 2.75) is 26.1 Å². The molecule has 6 heteroatoms. The summed E-state index contributed by atoms with van der Waals surface area (Å²) in [4.78, 5) is 1.95. The Morgan fingerprint density at radius 2 is 1.95 bits per heavy atom. The van der Waals surface area contributed by atoms with E-state index < -0.39 is 11.7 Å². The Morgan fingerprint density at radius 3 is 2.57 bits per heavy atom. The summed E-state index contributed by atoms with van der Waals surface area (Å²) in [5.74, 6) is 0. The summed E-state index contributed by atoms with van der Waals surface area (Å²) in [6.07, 6.45) is -4.34. The maximum Gasteiger partial charge on any atom is 0.416 e. The summed E-state index contributed by atoms with van der Waals surface area (Å²) in [7, 11) is 0. The van der Waals surface area contributed by atoms with Crippen LogP contribution in [0.3, 0.4) is 0 Å². The van der Waals surface area contributed by atoms with Crippen molar-refractivity contribution in [1.82, 2.24) is 5.32 Å². The maximum absolute atomic E-state index is 12.9. The molecular weight excluding hydrogens is 363 g/mol. The average Bonchev–Trinajstić information content (AvgIpc) is 2.87. The summed E-state index contributed by atoms with van der Waals surface area (Å²) in [5.41, 5.74) is -0.0572. The Morgan fingerprint density at radius 1 is 1.24 bits per heavy atom. The predicted octanol–water partition coefficient (Wildman–Crippen LogP) is 5.87. The number of nitrogens with one attached hydrogen (secondary N) is 1. The highest BCUT2D eigenvalue weighted by Gasteiger charge is 2.31. The van der Waals surface area contributed by atoms with Gasteiger partial charge >= 0.3 is 6.18 Å². The van der Waals surface area contributed by atoms with E-state index in [9.17, 15) is 13.2 Å². The van der Waals surface area contributed by atoms with Crippen molar-refractivity contribution in [1.29, 1.82) is 0 Å². The van der Waals surface area contributed by atoms with Crippen LogP contribution in [0.4, 0.5) is 13.2 Å². The van der Waals surface area contributed by atoms with Gasteiger partial charge in [0.2, 0.25) is 0 Å². The second kappa shape index (κ2) is 6.50. The summed E-state index contributed by atoms with van der Waals surface area (Å²) < 4.78 is 39.0. The molecule has 1 aromatic heterocycles. The van der Waals surface area contributed by atoms with E-state index in [0.717, 1.165) is 22.4 Å². The van der Waals surface area contributed by atoms with Crippen LogP contribution in [-0.2, 0) is 6.18 Å². The van der Waals surface area contributed by atoms with Crippen molar-refractivity contribution >= 4 is 27.3 Å². The van der Waals surface area contributed by atoms with Crippen molar-refractivity contribution in [3.8, 4) is 10.4 Å². The Balaban J connectivity index is 2.36. The topological polar surface area (TPSA) is 12.0 Å². The number of benzene rings is 1. The van der Waals surface area contributed by atoms with Crippen molar-refractivity contribution in [3.63, 3.8) is 0 Å². The van der Waals surface area contributed by atoms with E-state index in [1.807, 2.05) is 26.0 Å². The van der Waals surface area contributed by atoms with Gasteiger partial charge in [0.05, 0.1) is 5.56 Å². The van der Waals surface area contributed by atoms with E-state index in [-0.39, 0.29) is 6.04 Å². The van der Waals surface area contributed by atoms with E-state index in [4.69, 9.17) is 0 Å². The molecule has 1 N–H and O–H groups in total. The lowest BCUT2D eigenvalue weighted by Gasteiger charge is -2.10. The van der Waals surface area contributed by atoms with Crippen LogP contribution in [0.5, 0.6) is 0 Å². The Bertz CT molecular complexity index is 622. The van der Waals surface area contributed by atoms with Gasteiger partial charge in [0.25, 0.3) is 0 Å². The molecule has 0 fully saturated rings. The number of hydrogen-bond acceptors (Lipinski definition) is 2. The summed E-state index contributed by atoms with van der Waals surface area (Å²) in [6.45, 7) is 4.92. The van der Waals surface area contributed by atoms with E-state index >= 15 is 0 Å². The Labute approximate surface area is 134 Å². The zero-order chi connectivity index (χ0) is 15.6. The highest BCUT2D eigenvalue weighted by molar-refractivity contribution is 9.10. The minimum absolute atomic E-state index is 0.197. The molecule has 0 spiro atoms. The Hall–Kier alpha value is -0.850. The minimum Gasteiger partial charge on any atom is -0.310 e. The van der Waals surface area contributed by atoms with Crippen LogP contribution >= 0.6 is 27.3 Å². The van der Waals surface area contributed by atoms with E-state index in [1.165, 1.54) is 17.4 Å². The van der Waals surface area contributed by atoms with Gasteiger partial charge in [-0.05, 0) is 49.4 Å². The van der Waals surface area contributed by atoms with E-state index in [2.05, 4.69) is 21.2 Å². The zero-order valence-electron chi connectivity index (χ0n) is 11.6. The first-order valence-electron chi connectivity index (χ1n) is 6.52. The fourth-order valence-corrected chi connectivity index (χ4v) is 3.56. The highest BCUT2D eigenvalue weighted by Crippen LogP contribution is 2.37. The first-order chi connectivity index (χ1) is 9.81. The fraction of sp³-hybridized carbons (Fsp3) is 0.333. The molecule has 1 atom stereocenters. The van der Waals surface area contributed by atoms with Gasteiger partial charge in [0.1, 0.15) is 0 Å². The lowest BCUT2D eigenvalue weighted by molar-refractivity contribution is -0.137. The third-order valence-electron chi connectivity index (χ3n) is 3.07. The molecule has 114 valence electrons. The molecule has 0 aliphatic heterocycles. The third-order valence-corrected chi connectivity index (χ3v) is 4.85. The van der Waals surface area contributed by atoms with Crippen molar-refractivity contribution in [2.75, 3.05) is 6.54 Å². The normalized spacial score (nSPS) is 13.4. The third kappa shape index (κ3) is 4.08. The maximum atomic E-state index is 12.9. The highest BCUT2D eigenvalue weighted by atomic mass is 79.9. The van der Waals surface area contributed by atoms with Gasteiger partial charge in [0.15, 0.2) is 0 Å². The molecule has 1 nitrogen and oxygen atoms in total. The van der Waals surface area contributed by atoms with Gasteiger partial charge in [-0.15, -0.1) is 11.3 Å². The first kappa shape index (κ1) is 16.5. The lowest BCUT2D eigenvalue weighted by atomic mass is 10.1. The van der Waals surface area contributed by atoms with Crippen molar-refractivity contribution in [2.24, 2.45) is 0 Å². The van der Waals surface area contributed by atoms with Crippen LogP contribution in [0, 0.1) is 0 Å². The molecule has 0 amide bonds. The number of thiophene rings is 1. The average molecular weight is 378 g/mol. The van der Waals surface area contributed by atoms with Gasteiger partial charge in [0, 0.05) is 20.3 Å². The summed E-state index contributed by atoms with van der Waals surface area (Å²) in [6, 6.07) is 8.03. The minimum atomic E-state index is -4.34. The van der Waals surface area contributed by atoms with Crippen LogP contribution in [0.1, 0.15) is 30.3 Å². The van der Waals surface area contributed by atoms with Crippen LogP contribution in [0.15, 0.2) is 34.8 Å². The van der Waals surface area contributed by atoms with Crippen molar-refractivity contribution < 1.29 is 13.2 Å². The molecule has 0 saturated heterocycles. The van der Waals surface area contributed by atoms with Gasteiger partial charge < -0.3 is 5.32 Å². The van der Waals surface area contributed by atoms with E-state index in [1.54, 1.807) is 6.07 Å². The van der Waals surface area contributed by atoms with Crippen LogP contribution in [-0.4, -0.2) is 6.54 Å². The first-order valence-corrected chi connectivity index (χ1v) is 8.13. The van der Waals surface area contributed by atoms with Gasteiger partial charge in [-0.1, -0.05) is 22.9 Å². The Kier molecular flexibility index (Phi) is 5.11. The van der Waals surface area contributed by atoms with Crippen LogP contribution in [0.25, 0.3) is 10.4 Å². The molecule has 0 bridgehead atoms. The fourth-order valence-electron chi connectivity index (χ4n) is 2.04. The summed E-state index contributed by atoms with van der Waals surface area (Å²) >= 11 is 4.67. The van der Waals surface area contributed by atoms with E-state index in [0.29, 0.717) is 10.0 Å². The van der Waals surface area contributed by atoms with Gasteiger partial charge in [-0.3, -0.25) is 0 Å². The number of halogens is 4.